The predicted molar refractivity (Wildman–Crippen MR) is 114 cm³/mol. The van der Waals surface area contributed by atoms with Crippen LogP contribution in [-0.2, 0) is 14.9 Å². The number of hydrogen-bond acceptors (Lipinski definition) is 3. The van der Waals surface area contributed by atoms with Gasteiger partial charge in [-0.15, -0.1) is 0 Å². The van der Waals surface area contributed by atoms with Crippen molar-refractivity contribution >= 4 is 22.4 Å². The first-order valence-corrected chi connectivity index (χ1v) is 10.4. The molecule has 0 saturated heterocycles. The predicted octanol–water partition coefficient (Wildman–Crippen LogP) is 5.84. The second kappa shape index (κ2) is 8.33. The molecule has 1 aliphatic heterocycles. The van der Waals surface area contributed by atoms with Crippen LogP contribution >= 0.6 is 0 Å². The lowest BCUT2D eigenvalue weighted by atomic mass is 9.79. The number of carbonyl (C=O) groups excluding carboxylic acids is 1. The van der Waals surface area contributed by atoms with Crippen LogP contribution in [0.3, 0.4) is 0 Å². The summed E-state index contributed by atoms with van der Waals surface area (Å²) in [4.78, 5) is 14.0. The van der Waals surface area contributed by atoms with Crippen molar-refractivity contribution in [1.29, 1.82) is 0 Å². The summed E-state index contributed by atoms with van der Waals surface area (Å²) in [6.45, 7) is 10.5. The number of hydrogen-bond donors (Lipinski definition) is 0. The van der Waals surface area contributed by atoms with Gasteiger partial charge >= 0.3 is 5.97 Å². The van der Waals surface area contributed by atoms with E-state index >= 15 is 0 Å². The van der Waals surface area contributed by atoms with E-state index in [0.29, 0.717) is 19.1 Å². The Morgan fingerprint density at radius 2 is 1.81 bits per heavy atom. The molecule has 0 aromatic heterocycles. The molecule has 0 saturated carbocycles. The molecule has 3 heteroatoms. The number of rotatable bonds is 8. The fourth-order valence-corrected chi connectivity index (χ4v) is 4.44. The first-order valence-electron chi connectivity index (χ1n) is 10.4. The van der Waals surface area contributed by atoms with E-state index in [2.05, 4.69) is 62.1 Å². The Bertz CT molecular complexity index is 796. The molecular formula is C24H33NO2. The Hall–Kier alpha value is -2.03. The normalized spacial score (nSPS) is 17.9. The summed E-state index contributed by atoms with van der Waals surface area (Å²) in [6, 6.07) is 13.8. The number of nitrogens with zero attached hydrogens (tertiary/aromatic N) is 1. The van der Waals surface area contributed by atoms with Crippen LogP contribution in [0.1, 0.15) is 65.4 Å². The second-order valence-corrected chi connectivity index (χ2v) is 8.24. The molecule has 1 heterocycles. The highest BCUT2D eigenvalue weighted by Gasteiger charge is 2.42. The van der Waals surface area contributed by atoms with Gasteiger partial charge in [-0.25, -0.2) is 0 Å². The van der Waals surface area contributed by atoms with Crippen LogP contribution in [0.25, 0.3) is 10.8 Å². The molecule has 0 amide bonds. The van der Waals surface area contributed by atoms with Gasteiger partial charge in [-0.2, -0.15) is 0 Å². The van der Waals surface area contributed by atoms with Crippen LogP contribution in [0.2, 0.25) is 0 Å². The van der Waals surface area contributed by atoms with E-state index in [1.54, 1.807) is 0 Å². The second-order valence-electron chi connectivity index (χ2n) is 8.24. The summed E-state index contributed by atoms with van der Waals surface area (Å²) in [5.41, 5.74) is 3.04. The Morgan fingerprint density at radius 1 is 1.07 bits per heavy atom. The van der Waals surface area contributed by atoms with E-state index in [1.807, 2.05) is 6.92 Å². The Morgan fingerprint density at radius 3 is 2.59 bits per heavy atom. The van der Waals surface area contributed by atoms with Gasteiger partial charge in [0, 0.05) is 30.1 Å². The Balaban J connectivity index is 1.63. The molecule has 0 N–H and O–H groups in total. The standard InChI is InChI=1S/C24H33NO2/c1-5-27-22(26)14-8-6-7-11-17-25-18(2)24(3,4)23-20-13-10-9-12-19(20)15-16-21(23)25/h9-10,12-13,15-16,18H,5-8,11,14,17H2,1-4H3. The molecule has 0 radical (unpaired) electrons. The smallest absolute Gasteiger partial charge is 0.305 e. The van der Waals surface area contributed by atoms with E-state index in [9.17, 15) is 4.79 Å². The van der Waals surface area contributed by atoms with E-state index in [0.717, 1.165) is 32.2 Å². The minimum Gasteiger partial charge on any atom is -0.466 e. The van der Waals surface area contributed by atoms with Crippen LogP contribution < -0.4 is 4.90 Å². The van der Waals surface area contributed by atoms with Crippen molar-refractivity contribution in [2.24, 2.45) is 0 Å². The molecule has 1 atom stereocenters. The number of benzene rings is 2. The molecule has 3 nitrogen and oxygen atoms in total. The highest BCUT2D eigenvalue weighted by atomic mass is 16.5. The number of esters is 1. The van der Waals surface area contributed by atoms with Crippen molar-refractivity contribution in [2.75, 3.05) is 18.1 Å². The van der Waals surface area contributed by atoms with Gasteiger partial charge in [-0.1, -0.05) is 57.0 Å². The maximum absolute atomic E-state index is 11.4. The van der Waals surface area contributed by atoms with Gasteiger partial charge in [0.1, 0.15) is 0 Å². The van der Waals surface area contributed by atoms with Crippen LogP contribution in [0.4, 0.5) is 5.69 Å². The molecule has 2 aromatic carbocycles. The summed E-state index contributed by atoms with van der Waals surface area (Å²) in [5.74, 6) is -0.0618. The highest BCUT2D eigenvalue weighted by Crippen LogP contribution is 2.48. The fourth-order valence-electron chi connectivity index (χ4n) is 4.44. The molecular weight excluding hydrogens is 334 g/mol. The quantitative estimate of drug-likeness (QED) is 0.434. The van der Waals surface area contributed by atoms with Crippen molar-refractivity contribution in [3.63, 3.8) is 0 Å². The maximum Gasteiger partial charge on any atom is 0.305 e. The minimum atomic E-state index is -0.0618. The molecule has 2 aromatic rings. The number of ether oxygens (including phenoxy) is 1. The summed E-state index contributed by atoms with van der Waals surface area (Å²) in [5, 5.41) is 2.72. The molecule has 0 aliphatic carbocycles. The molecule has 0 bridgehead atoms. The van der Waals surface area contributed by atoms with Crippen LogP contribution in [0.5, 0.6) is 0 Å². The topological polar surface area (TPSA) is 29.5 Å². The van der Waals surface area contributed by atoms with Crippen molar-refractivity contribution in [3.05, 3.63) is 42.0 Å². The third-order valence-electron chi connectivity index (χ3n) is 6.21. The zero-order chi connectivity index (χ0) is 19.4. The molecule has 0 spiro atoms. The lowest BCUT2D eigenvalue weighted by molar-refractivity contribution is -0.143. The Labute approximate surface area is 163 Å². The van der Waals surface area contributed by atoms with Gasteiger partial charge in [0.15, 0.2) is 0 Å². The molecule has 146 valence electrons. The van der Waals surface area contributed by atoms with E-state index in [-0.39, 0.29) is 11.4 Å². The number of fused-ring (bicyclic) bond motifs is 3. The van der Waals surface area contributed by atoms with Gasteiger partial charge in [0.2, 0.25) is 0 Å². The zero-order valence-corrected chi connectivity index (χ0v) is 17.3. The first-order chi connectivity index (χ1) is 13.0. The number of unbranched alkanes of at least 4 members (excludes halogenated alkanes) is 3. The maximum atomic E-state index is 11.4. The van der Waals surface area contributed by atoms with E-state index in [1.165, 1.54) is 22.0 Å². The van der Waals surface area contributed by atoms with Gasteiger partial charge in [-0.3, -0.25) is 4.79 Å². The summed E-state index contributed by atoms with van der Waals surface area (Å²) >= 11 is 0. The fraction of sp³-hybridized carbons (Fsp3) is 0.542. The van der Waals surface area contributed by atoms with Crippen molar-refractivity contribution in [1.82, 2.24) is 0 Å². The van der Waals surface area contributed by atoms with Crippen molar-refractivity contribution in [3.8, 4) is 0 Å². The summed E-state index contributed by atoms with van der Waals surface area (Å²) < 4.78 is 4.99. The molecule has 1 aliphatic rings. The zero-order valence-electron chi connectivity index (χ0n) is 17.3. The van der Waals surface area contributed by atoms with Crippen LogP contribution in [-0.4, -0.2) is 25.2 Å². The average molecular weight is 368 g/mol. The third-order valence-corrected chi connectivity index (χ3v) is 6.21. The van der Waals surface area contributed by atoms with Crippen molar-refractivity contribution < 1.29 is 9.53 Å². The van der Waals surface area contributed by atoms with E-state index < -0.39 is 0 Å². The monoisotopic (exact) mass is 367 g/mol. The number of carbonyl (C=O) groups is 1. The van der Waals surface area contributed by atoms with Gasteiger partial charge in [0.05, 0.1) is 6.61 Å². The largest absolute Gasteiger partial charge is 0.466 e. The molecule has 27 heavy (non-hydrogen) atoms. The lowest BCUT2D eigenvalue weighted by Crippen LogP contribution is -2.39. The molecule has 0 fully saturated rings. The van der Waals surface area contributed by atoms with Crippen LogP contribution in [0, 0.1) is 0 Å². The van der Waals surface area contributed by atoms with Crippen LogP contribution in [0.15, 0.2) is 36.4 Å². The third kappa shape index (κ3) is 3.97. The summed E-state index contributed by atoms with van der Waals surface area (Å²) in [6.07, 6.45) is 4.90. The molecule has 1 unspecified atom stereocenters. The van der Waals surface area contributed by atoms with Gasteiger partial charge in [0.25, 0.3) is 0 Å². The van der Waals surface area contributed by atoms with Gasteiger partial charge < -0.3 is 9.64 Å². The SMILES string of the molecule is CCOC(=O)CCCCCCN1c2ccc3ccccc3c2C(C)(C)C1C. The Kier molecular flexibility index (Phi) is 6.08. The van der Waals surface area contributed by atoms with Crippen molar-refractivity contribution in [2.45, 2.75) is 71.3 Å². The minimum absolute atomic E-state index is 0.0618. The molecule has 3 rings (SSSR count). The van der Waals surface area contributed by atoms with Gasteiger partial charge in [-0.05, 0) is 49.1 Å². The lowest BCUT2D eigenvalue weighted by Gasteiger charge is -2.31. The first kappa shape index (κ1) is 19.7. The number of anilines is 1. The summed E-state index contributed by atoms with van der Waals surface area (Å²) in [7, 11) is 0. The van der Waals surface area contributed by atoms with E-state index in [4.69, 9.17) is 4.74 Å². The average Bonchev–Trinajstić information content (AvgIpc) is 2.85. The highest BCUT2D eigenvalue weighted by molar-refractivity contribution is 5.93.